The Balaban J connectivity index is 2.26. The average Bonchev–Trinajstić information content (AvgIpc) is 2.31. The SMILES string of the molecule is Cc1ccc(OCCCCC(C)(N)CO)c(C)c1. The third kappa shape index (κ3) is 5.07. The van der Waals surface area contributed by atoms with Gasteiger partial charge in [-0.15, -0.1) is 0 Å². The number of aliphatic hydroxyl groups excluding tert-OH is 1. The second-order valence-electron chi connectivity index (χ2n) is 5.39. The molecule has 0 aromatic heterocycles. The zero-order valence-corrected chi connectivity index (χ0v) is 11.7. The fourth-order valence-corrected chi connectivity index (χ4v) is 1.85. The average molecular weight is 251 g/mol. The molecule has 0 aliphatic carbocycles. The summed E-state index contributed by atoms with van der Waals surface area (Å²) >= 11 is 0. The van der Waals surface area contributed by atoms with Gasteiger partial charge in [-0.3, -0.25) is 0 Å². The smallest absolute Gasteiger partial charge is 0.122 e. The highest BCUT2D eigenvalue weighted by molar-refractivity contribution is 5.35. The van der Waals surface area contributed by atoms with Crippen LogP contribution in [0.5, 0.6) is 5.75 Å². The number of hydrogen-bond donors (Lipinski definition) is 2. The highest BCUT2D eigenvalue weighted by Crippen LogP contribution is 2.19. The summed E-state index contributed by atoms with van der Waals surface area (Å²) in [5.74, 6) is 0.957. The van der Waals surface area contributed by atoms with Gasteiger partial charge in [-0.2, -0.15) is 0 Å². The van der Waals surface area contributed by atoms with Crippen molar-refractivity contribution in [2.24, 2.45) is 5.73 Å². The molecule has 3 heteroatoms. The Morgan fingerprint density at radius 1 is 1.28 bits per heavy atom. The molecule has 102 valence electrons. The van der Waals surface area contributed by atoms with Gasteiger partial charge in [0.25, 0.3) is 0 Å². The molecular weight excluding hydrogens is 226 g/mol. The summed E-state index contributed by atoms with van der Waals surface area (Å²) in [6.07, 6.45) is 2.75. The zero-order chi connectivity index (χ0) is 13.6. The molecule has 1 aromatic carbocycles. The first kappa shape index (κ1) is 15.0. The van der Waals surface area contributed by atoms with Gasteiger partial charge in [0.15, 0.2) is 0 Å². The lowest BCUT2D eigenvalue weighted by molar-refractivity contribution is 0.194. The fraction of sp³-hybridized carbons (Fsp3) is 0.600. The summed E-state index contributed by atoms with van der Waals surface area (Å²) < 4.78 is 5.74. The van der Waals surface area contributed by atoms with Crippen LogP contribution in [0.3, 0.4) is 0 Å². The summed E-state index contributed by atoms with van der Waals surface area (Å²) in [4.78, 5) is 0. The van der Waals surface area contributed by atoms with Crippen molar-refractivity contribution in [1.82, 2.24) is 0 Å². The molecule has 0 aliphatic heterocycles. The number of rotatable bonds is 7. The second kappa shape index (κ2) is 6.76. The topological polar surface area (TPSA) is 55.5 Å². The molecule has 1 rings (SSSR count). The largest absolute Gasteiger partial charge is 0.493 e. The Labute approximate surface area is 110 Å². The van der Waals surface area contributed by atoms with Crippen LogP contribution < -0.4 is 10.5 Å². The van der Waals surface area contributed by atoms with E-state index in [1.807, 2.05) is 13.0 Å². The van der Waals surface area contributed by atoms with E-state index in [9.17, 15) is 0 Å². The van der Waals surface area contributed by atoms with Crippen LogP contribution in [0.2, 0.25) is 0 Å². The molecule has 1 unspecified atom stereocenters. The van der Waals surface area contributed by atoms with Gasteiger partial charge in [0, 0.05) is 5.54 Å². The summed E-state index contributed by atoms with van der Waals surface area (Å²) in [5, 5.41) is 9.03. The fourth-order valence-electron chi connectivity index (χ4n) is 1.85. The van der Waals surface area contributed by atoms with Crippen LogP contribution in [-0.4, -0.2) is 23.9 Å². The third-order valence-corrected chi connectivity index (χ3v) is 3.09. The number of aliphatic hydroxyl groups is 1. The maximum absolute atomic E-state index is 9.03. The van der Waals surface area contributed by atoms with Crippen molar-refractivity contribution in [3.05, 3.63) is 29.3 Å². The van der Waals surface area contributed by atoms with Crippen LogP contribution in [0.1, 0.15) is 37.3 Å². The highest BCUT2D eigenvalue weighted by atomic mass is 16.5. The molecule has 0 fully saturated rings. The van der Waals surface area contributed by atoms with Crippen molar-refractivity contribution >= 4 is 0 Å². The summed E-state index contributed by atoms with van der Waals surface area (Å²) in [5.41, 5.74) is 7.83. The molecule has 0 amide bonds. The number of ether oxygens (including phenoxy) is 1. The van der Waals surface area contributed by atoms with Crippen LogP contribution in [-0.2, 0) is 0 Å². The highest BCUT2D eigenvalue weighted by Gasteiger charge is 2.15. The predicted octanol–water partition coefficient (Wildman–Crippen LogP) is 2.56. The number of aryl methyl sites for hydroxylation is 2. The molecule has 0 saturated carbocycles. The zero-order valence-electron chi connectivity index (χ0n) is 11.7. The molecule has 18 heavy (non-hydrogen) atoms. The van der Waals surface area contributed by atoms with Crippen molar-refractivity contribution in [3.63, 3.8) is 0 Å². The number of benzene rings is 1. The summed E-state index contributed by atoms with van der Waals surface area (Å²) in [6.45, 7) is 6.74. The van der Waals surface area contributed by atoms with E-state index in [1.54, 1.807) is 0 Å². The van der Waals surface area contributed by atoms with E-state index in [1.165, 1.54) is 11.1 Å². The Kier molecular flexibility index (Phi) is 5.63. The van der Waals surface area contributed by atoms with Crippen LogP contribution in [0.15, 0.2) is 18.2 Å². The monoisotopic (exact) mass is 251 g/mol. The van der Waals surface area contributed by atoms with E-state index >= 15 is 0 Å². The molecule has 0 aliphatic rings. The lowest BCUT2D eigenvalue weighted by atomic mass is 9.97. The van der Waals surface area contributed by atoms with E-state index < -0.39 is 5.54 Å². The van der Waals surface area contributed by atoms with Crippen LogP contribution in [0.4, 0.5) is 0 Å². The maximum atomic E-state index is 9.03. The first-order valence-electron chi connectivity index (χ1n) is 6.54. The van der Waals surface area contributed by atoms with Crippen molar-refractivity contribution in [3.8, 4) is 5.75 Å². The lowest BCUT2D eigenvalue weighted by Gasteiger charge is -2.21. The molecule has 1 atom stereocenters. The van der Waals surface area contributed by atoms with Gasteiger partial charge in [0.1, 0.15) is 5.75 Å². The molecular formula is C15H25NO2. The Morgan fingerprint density at radius 3 is 2.61 bits per heavy atom. The quantitative estimate of drug-likeness (QED) is 0.732. The van der Waals surface area contributed by atoms with Crippen LogP contribution in [0, 0.1) is 13.8 Å². The van der Waals surface area contributed by atoms with Crippen molar-refractivity contribution < 1.29 is 9.84 Å². The molecule has 0 bridgehead atoms. The summed E-state index contributed by atoms with van der Waals surface area (Å²) in [7, 11) is 0. The van der Waals surface area contributed by atoms with Crippen molar-refractivity contribution in [2.45, 2.75) is 45.6 Å². The molecule has 0 spiro atoms. The van der Waals surface area contributed by atoms with Crippen molar-refractivity contribution in [1.29, 1.82) is 0 Å². The Morgan fingerprint density at radius 2 is 2.00 bits per heavy atom. The molecule has 0 saturated heterocycles. The second-order valence-corrected chi connectivity index (χ2v) is 5.39. The first-order valence-corrected chi connectivity index (χ1v) is 6.54. The van der Waals surface area contributed by atoms with E-state index in [4.69, 9.17) is 15.6 Å². The summed E-state index contributed by atoms with van der Waals surface area (Å²) in [6, 6.07) is 6.20. The minimum absolute atomic E-state index is 0.0327. The number of unbranched alkanes of at least 4 members (excludes halogenated alkanes) is 1. The first-order chi connectivity index (χ1) is 8.44. The maximum Gasteiger partial charge on any atom is 0.122 e. The van der Waals surface area contributed by atoms with Gasteiger partial charge in [-0.1, -0.05) is 17.7 Å². The minimum Gasteiger partial charge on any atom is -0.493 e. The van der Waals surface area contributed by atoms with E-state index in [0.29, 0.717) is 6.61 Å². The number of hydrogen-bond acceptors (Lipinski definition) is 3. The van der Waals surface area contributed by atoms with E-state index in [-0.39, 0.29) is 6.61 Å². The number of nitrogens with two attached hydrogens (primary N) is 1. The molecule has 0 heterocycles. The lowest BCUT2D eigenvalue weighted by Crippen LogP contribution is -2.39. The standard InChI is InChI=1S/C15H25NO2/c1-12-6-7-14(13(2)10-12)18-9-5-4-8-15(3,16)11-17/h6-7,10,17H,4-5,8-9,11,16H2,1-3H3. The molecule has 0 radical (unpaired) electrons. The van der Waals surface area contributed by atoms with Gasteiger partial charge in [-0.05, 0) is 51.7 Å². The van der Waals surface area contributed by atoms with Gasteiger partial charge in [0.2, 0.25) is 0 Å². The Hall–Kier alpha value is -1.06. The predicted molar refractivity (Wildman–Crippen MR) is 74.9 cm³/mol. The van der Waals surface area contributed by atoms with E-state index in [2.05, 4.69) is 26.0 Å². The molecule has 3 nitrogen and oxygen atoms in total. The van der Waals surface area contributed by atoms with Gasteiger partial charge in [-0.25, -0.2) is 0 Å². The van der Waals surface area contributed by atoms with Crippen molar-refractivity contribution in [2.75, 3.05) is 13.2 Å². The van der Waals surface area contributed by atoms with Gasteiger partial charge >= 0.3 is 0 Å². The normalized spacial score (nSPS) is 14.3. The van der Waals surface area contributed by atoms with Gasteiger partial charge in [0.05, 0.1) is 13.2 Å². The molecule has 3 N–H and O–H groups in total. The van der Waals surface area contributed by atoms with Crippen LogP contribution >= 0.6 is 0 Å². The van der Waals surface area contributed by atoms with E-state index in [0.717, 1.165) is 25.0 Å². The minimum atomic E-state index is -0.459. The molecule has 1 aromatic rings. The third-order valence-electron chi connectivity index (χ3n) is 3.09. The van der Waals surface area contributed by atoms with Gasteiger partial charge < -0.3 is 15.6 Å². The Bertz CT molecular complexity index is 375. The van der Waals surface area contributed by atoms with Crippen LogP contribution in [0.25, 0.3) is 0 Å².